The van der Waals surface area contributed by atoms with Gasteiger partial charge in [0.2, 0.25) is 5.91 Å². The number of nitrogens with one attached hydrogen (secondary N) is 2. The number of hydrogen-bond acceptors (Lipinski definition) is 7. The van der Waals surface area contributed by atoms with Gasteiger partial charge in [0.15, 0.2) is 0 Å². The van der Waals surface area contributed by atoms with Gasteiger partial charge in [0.25, 0.3) is 0 Å². The minimum absolute atomic E-state index is 0.181. The average molecular weight is 451 g/mol. The summed E-state index contributed by atoms with van der Waals surface area (Å²) in [5.41, 5.74) is 0.217. The molecule has 32 heavy (non-hydrogen) atoms. The summed E-state index contributed by atoms with van der Waals surface area (Å²) in [6, 6.07) is 8.28. The molecule has 0 bridgehead atoms. The van der Waals surface area contributed by atoms with Crippen molar-refractivity contribution in [2.75, 3.05) is 13.7 Å². The van der Waals surface area contributed by atoms with Crippen molar-refractivity contribution in [2.24, 2.45) is 0 Å². The van der Waals surface area contributed by atoms with Crippen molar-refractivity contribution in [1.82, 2.24) is 10.6 Å². The standard InChI is InChI=1S/C23H34N2O7/c1-23(2,3)32-20(27)15-18(21(28)30-4)25-19(26)13-9-6-10-14-24-22(29)31-16-17-11-7-5-8-12-17/h5,7-8,11-12,18H,6,9-10,13-16H2,1-4H3,(H,24,29)(H,25,26)/t18-/m0/s1. The molecule has 0 saturated carbocycles. The highest BCUT2D eigenvalue weighted by atomic mass is 16.6. The molecule has 2 amide bonds. The van der Waals surface area contributed by atoms with Crippen molar-refractivity contribution in [3.63, 3.8) is 0 Å². The first kappa shape index (κ1) is 26.9. The molecule has 0 aliphatic heterocycles. The first-order chi connectivity index (χ1) is 15.1. The maximum Gasteiger partial charge on any atom is 0.407 e. The fourth-order valence-electron chi connectivity index (χ4n) is 2.70. The van der Waals surface area contributed by atoms with Gasteiger partial charge in [-0.1, -0.05) is 36.8 Å². The highest BCUT2D eigenvalue weighted by Crippen LogP contribution is 2.10. The molecule has 0 saturated heterocycles. The topological polar surface area (TPSA) is 120 Å². The van der Waals surface area contributed by atoms with Crippen LogP contribution in [0.25, 0.3) is 0 Å². The zero-order chi connectivity index (χ0) is 24.0. The molecule has 1 aromatic carbocycles. The average Bonchev–Trinajstić information content (AvgIpc) is 2.73. The summed E-state index contributed by atoms with van der Waals surface area (Å²) >= 11 is 0. The first-order valence-corrected chi connectivity index (χ1v) is 10.6. The quantitative estimate of drug-likeness (QED) is 0.285. The molecule has 0 aromatic heterocycles. The number of benzene rings is 1. The Bertz CT molecular complexity index is 744. The van der Waals surface area contributed by atoms with Crippen molar-refractivity contribution < 1.29 is 33.4 Å². The molecule has 1 atom stereocenters. The minimum atomic E-state index is -1.09. The normalized spacial score (nSPS) is 11.8. The lowest BCUT2D eigenvalue weighted by Gasteiger charge is -2.22. The Morgan fingerprint density at radius 3 is 2.31 bits per heavy atom. The number of unbranched alkanes of at least 4 members (excludes halogenated alkanes) is 2. The predicted molar refractivity (Wildman–Crippen MR) is 118 cm³/mol. The summed E-state index contributed by atoms with van der Waals surface area (Å²) < 4.78 is 15.0. The monoisotopic (exact) mass is 450 g/mol. The summed E-state index contributed by atoms with van der Waals surface area (Å²) in [5.74, 6) is -1.67. The lowest BCUT2D eigenvalue weighted by atomic mass is 10.1. The molecule has 9 heteroatoms. The van der Waals surface area contributed by atoms with Crippen LogP contribution in [0.4, 0.5) is 4.79 Å². The summed E-state index contributed by atoms with van der Waals surface area (Å²) in [5, 5.41) is 5.18. The molecule has 178 valence electrons. The molecule has 0 aliphatic carbocycles. The smallest absolute Gasteiger partial charge is 0.407 e. The summed E-state index contributed by atoms with van der Waals surface area (Å²) in [7, 11) is 1.19. The summed E-state index contributed by atoms with van der Waals surface area (Å²) in [4.78, 5) is 47.6. The SMILES string of the molecule is COC(=O)[C@H](CC(=O)OC(C)(C)C)NC(=O)CCCCCNC(=O)OCc1ccccc1. The molecule has 0 spiro atoms. The summed E-state index contributed by atoms with van der Waals surface area (Å²) in [6.07, 6.45) is 1.32. The molecule has 0 radical (unpaired) electrons. The molecule has 0 heterocycles. The Morgan fingerprint density at radius 2 is 1.69 bits per heavy atom. The molecule has 1 aromatic rings. The lowest BCUT2D eigenvalue weighted by molar-refractivity contribution is -0.159. The Hall–Kier alpha value is -3.10. The lowest BCUT2D eigenvalue weighted by Crippen LogP contribution is -2.43. The molecule has 0 fully saturated rings. The molecule has 9 nitrogen and oxygen atoms in total. The van der Waals surface area contributed by atoms with Gasteiger partial charge in [0, 0.05) is 13.0 Å². The van der Waals surface area contributed by atoms with Crippen LogP contribution in [0.3, 0.4) is 0 Å². The van der Waals surface area contributed by atoms with E-state index in [-0.39, 0.29) is 25.4 Å². The Kier molecular flexibility index (Phi) is 11.8. The Labute approximate surface area is 189 Å². The second kappa shape index (κ2) is 14.1. The van der Waals surface area contributed by atoms with Crippen LogP contribution in [0.5, 0.6) is 0 Å². The minimum Gasteiger partial charge on any atom is -0.467 e. The van der Waals surface area contributed by atoms with Gasteiger partial charge in [0.05, 0.1) is 13.5 Å². The zero-order valence-electron chi connectivity index (χ0n) is 19.3. The van der Waals surface area contributed by atoms with Crippen molar-refractivity contribution in [3.8, 4) is 0 Å². The van der Waals surface area contributed by atoms with E-state index in [4.69, 9.17) is 9.47 Å². The van der Waals surface area contributed by atoms with E-state index >= 15 is 0 Å². The van der Waals surface area contributed by atoms with E-state index in [0.29, 0.717) is 25.8 Å². The number of rotatable bonds is 12. The number of carbonyl (C=O) groups is 4. The molecular formula is C23H34N2O7. The van der Waals surface area contributed by atoms with E-state index in [1.54, 1.807) is 20.8 Å². The number of alkyl carbamates (subject to hydrolysis) is 1. The maximum atomic E-state index is 12.1. The van der Waals surface area contributed by atoms with Gasteiger partial charge in [-0.05, 0) is 39.2 Å². The number of amides is 2. The number of esters is 2. The van der Waals surface area contributed by atoms with Crippen LogP contribution in [0, 0.1) is 0 Å². The van der Waals surface area contributed by atoms with Crippen LogP contribution in [-0.2, 0) is 35.2 Å². The zero-order valence-corrected chi connectivity index (χ0v) is 19.3. The molecule has 1 rings (SSSR count). The fourth-order valence-corrected chi connectivity index (χ4v) is 2.70. The molecule has 0 unspecified atom stereocenters. The van der Waals surface area contributed by atoms with Gasteiger partial charge in [0.1, 0.15) is 18.2 Å². The van der Waals surface area contributed by atoms with E-state index < -0.39 is 29.7 Å². The Morgan fingerprint density at radius 1 is 1.00 bits per heavy atom. The van der Waals surface area contributed by atoms with Crippen molar-refractivity contribution >= 4 is 23.9 Å². The van der Waals surface area contributed by atoms with Gasteiger partial charge < -0.3 is 24.8 Å². The number of carbonyl (C=O) groups excluding carboxylic acids is 4. The van der Waals surface area contributed by atoms with Gasteiger partial charge in [-0.25, -0.2) is 9.59 Å². The highest BCUT2D eigenvalue weighted by Gasteiger charge is 2.27. The maximum absolute atomic E-state index is 12.1. The number of hydrogen-bond donors (Lipinski definition) is 2. The first-order valence-electron chi connectivity index (χ1n) is 10.6. The van der Waals surface area contributed by atoms with Gasteiger partial charge in [-0.3, -0.25) is 9.59 Å². The van der Waals surface area contributed by atoms with Gasteiger partial charge >= 0.3 is 18.0 Å². The van der Waals surface area contributed by atoms with E-state index in [2.05, 4.69) is 15.4 Å². The number of methoxy groups -OCH3 is 1. The van der Waals surface area contributed by atoms with Crippen LogP contribution in [-0.4, -0.2) is 49.2 Å². The summed E-state index contributed by atoms with van der Waals surface area (Å²) in [6.45, 7) is 5.79. The molecular weight excluding hydrogens is 416 g/mol. The van der Waals surface area contributed by atoms with Crippen LogP contribution >= 0.6 is 0 Å². The van der Waals surface area contributed by atoms with Crippen LogP contribution in [0.2, 0.25) is 0 Å². The molecule has 0 aliphatic rings. The van der Waals surface area contributed by atoms with E-state index in [9.17, 15) is 19.2 Å². The third kappa shape index (κ3) is 12.6. The van der Waals surface area contributed by atoms with Crippen molar-refractivity contribution in [2.45, 2.75) is 71.1 Å². The van der Waals surface area contributed by atoms with E-state index in [0.717, 1.165) is 5.56 Å². The third-order valence-corrected chi connectivity index (χ3v) is 4.17. The van der Waals surface area contributed by atoms with E-state index in [1.807, 2.05) is 30.3 Å². The van der Waals surface area contributed by atoms with Crippen molar-refractivity contribution in [1.29, 1.82) is 0 Å². The third-order valence-electron chi connectivity index (χ3n) is 4.17. The van der Waals surface area contributed by atoms with Gasteiger partial charge in [-0.15, -0.1) is 0 Å². The molecule has 2 N–H and O–H groups in total. The fraction of sp³-hybridized carbons (Fsp3) is 0.565. The van der Waals surface area contributed by atoms with Crippen LogP contribution in [0.1, 0.15) is 58.4 Å². The second-order valence-corrected chi connectivity index (χ2v) is 8.23. The van der Waals surface area contributed by atoms with Gasteiger partial charge in [-0.2, -0.15) is 0 Å². The van der Waals surface area contributed by atoms with Crippen molar-refractivity contribution in [3.05, 3.63) is 35.9 Å². The van der Waals surface area contributed by atoms with Crippen LogP contribution in [0.15, 0.2) is 30.3 Å². The highest BCUT2D eigenvalue weighted by molar-refractivity contribution is 5.88. The van der Waals surface area contributed by atoms with E-state index in [1.165, 1.54) is 7.11 Å². The predicted octanol–water partition coefficient (Wildman–Crippen LogP) is 2.86. The van der Waals surface area contributed by atoms with Crippen LogP contribution < -0.4 is 10.6 Å². The Balaban J connectivity index is 2.22. The largest absolute Gasteiger partial charge is 0.467 e. The number of ether oxygens (including phenoxy) is 3. The second-order valence-electron chi connectivity index (χ2n) is 8.23.